The van der Waals surface area contributed by atoms with Gasteiger partial charge in [0.1, 0.15) is 17.4 Å². The highest BCUT2D eigenvalue weighted by atomic mass is 32.1. The highest BCUT2D eigenvalue weighted by molar-refractivity contribution is 7.22. The van der Waals surface area contributed by atoms with Crippen LogP contribution in [0.4, 0.5) is 16.8 Å². The van der Waals surface area contributed by atoms with Crippen LogP contribution in [0, 0.1) is 0 Å². The van der Waals surface area contributed by atoms with Gasteiger partial charge in [-0.25, -0.2) is 9.97 Å². The molecule has 0 radical (unpaired) electrons. The maximum atomic E-state index is 5.66. The molecule has 0 fully saturated rings. The van der Waals surface area contributed by atoms with Crippen LogP contribution in [0.1, 0.15) is 6.92 Å². The predicted octanol–water partition coefficient (Wildman–Crippen LogP) is 3.42. The standard InChI is InChI=1S/C14H14N4OS/c1-2-19-9-6-7-10-11(8-9)20-14(16-10)18-13-5-3-4-12(15)17-13/h3-8H,2H2,1H3,(H3,15,16,17,18). The van der Waals surface area contributed by atoms with Gasteiger partial charge in [-0.05, 0) is 37.3 Å². The number of benzene rings is 1. The van der Waals surface area contributed by atoms with Crippen LogP contribution < -0.4 is 15.8 Å². The number of ether oxygens (including phenoxy) is 1. The molecular weight excluding hydrogens is 272 g/mol. The van der Waals surface area contributed by atoms with Crippen LogP contribution in [-0.2, 0) is 0 Å². The first kappa shape index (κ1) is 12.7. The number of fused-ring (bicyclic) bond motifs is 1. The van der Waals surface area contributed by atoms with Crippen LogP contribution in [-0.4, -0.2) is 16.6 Å². The Morgan fingerprint density at radius 2 is 2.15 bits per heavy atom. The van der Waals surface area contributed by atoms with Crippen molar-refractivity contribution < 1.29 is 4.74 Å². The molecule has 0 aliphatic rings. The van der Waals surface area contributed by atoms with E-state index in [1.165, 1.54) is 0 Å². The molecule has 3 rings (SSSR count). The smallest absolute Gasteiger partial charge is 0.189 e. The number of nitrogen functional groups attached to an aromatic ring is 1. The fraction of sp³-hybridized carbons (Fsp3) is 0.143. The molecule has 0 spiro atoms. The lowest BCUT2D eigenvalue weighted by atomic mass is 10.3. The summed E-state index contributed by atoms with van der Waals surface area (Å²) < 4.78 is 6.56. The summed E-state index contributed by atoms with van der Waals surface area (Å²) in [5.41, 5.74) is 6.59. The predicted molar refractivity (Wildman–Crippen MR) is 82.7 cm³/mol. The minimum Gasteiger partial charge on any atom is -0.494 e. The van der Waals surface area contributed by atoms with Crippen LogP contribution in [0.2, 0.25) is 0 Å². The first-order chi connectivity index (χ1) is 9.74. The summed E-state index contributed by atoms with van der Waals surface area (Å²) in [7, 11) is 0. The number of thiazole rings is 1. The first-order valence-electron chi connectivity index (χ1n) is 6.27. The van der Waals surface area contributed by atoms with E-state index < -0.39 is 0 Å². The molecule has 2 aromatic heterocycles. The second kappa shape index (κ2) is 5.34. The minimum absolute atomic E-state index is 0.481. The maximum absolute atomic E-state index is 5.66. The second-order valence-electron chi connectivity index (χ2n) is 4.15. The number of nitrogens with two attached hydrogens (primary N) is 1. The quantitative estimate of drug-likeness (QED) is 0.769. The summed E-state index contributed by atoms with van der Waals surface area (Å²) in [5, 5.41) is 3.95. The SMILES string of the molecule is CCOc1ccc2nc(Nc3cccc(N)n3)sc2c1. The average molecular weight is 286 g/mol. The maximum Gasteiger partial charge on any atom is 0.189 e. The van der Waals surface area contributed by atoms with E-state index in [1.807, 2.05) is 37.3 Å². The zero-order chi connectivity index (χ0) is 13.9. The van der Waals surface area contributed by atoms with Crippen LogP contribution in [0.3, 0.4) is 0 Å². The van der Waals surface area contributed by atoms with E-state index in [9.17, 15) is 0 Å². The first-order valence-corrected chi connectivity index (χ1v) is 7.09. The topological polar surface area (TPSA) is 73.1 Å². The highest BCUT2D eigenvalue weighted by Gasteiger charge is 2.06. The molecule has 1 aromatic carbocycles. The summed E-state index contributed by atoms with van der Waals surface area (Å²) in [6.07, 6.45) is 0. The van der Waals surface area contributed by atoms with Gasteiger partial charge in [0, 0.05) is 0 Å². The summed E-state index contributed by atoms with van der Waals surface area (Å²) in [6.45, 7) is 2.62. The number of pyridine rings is 1. The van der Waals surface area contributed by atoms with E-state index in [4.69, 9.17) is 10.5 Å². The molecule has 0 bridgehead atoms. The molecule has 0 unspecified atom stereocenters. The van der Waals surface area contributed by atoms with Gasteiger partial charge in [0.05, 0.1) is 16.8 Å². The van der Waals surface area contributed by atoms with Crippen molar-refractivity contribution in [1.82, 2.24) is 9.97 Å². The van der Waals surface area contributed by atoms with Crippen LogP contribution in [0.15, 0.2) is 36.4 Å². The largest absolute Gasteiger partial charge is 0.494 e. The monoisotopic (exact) mass is 286 g/mol. The van der Waals surface area contributed by atoms with E-state index in [0.717, 1.165) is 21.1 Å². The van der Waals surface area contributed by atoms with Gasteiger partial charge in [-0.1, -0.05) is 17.4 Å². The Morgan fingerprint density at radius 3 is 2.95 bits per heavy atom. The number of hydrogen-bond acceptors (Lipinski definition) is 6. The Kier molecular flexibility index (Phi) is 3.39. The fourth-order valence-electron chi connectivity index (χ4n) is 1.85. The molecule has 6 heteroatoms. The van der Waals surface area contributed by atoms with Gasteiger partial charge >= 0.3 is 0 Å². The number of aromatic nitrogens is 2. The van der Waals surface area contributed by atoms with Gasteiger partial charge in [0.2, 0.25) is 0 Å². The van der Waals surface area contributed by atoms with Gasteiger partial charge in [-0.2, -0.15) is 0 Å². The van der Waals surface area contributed by atoms with Gasteiger partial charge in [0.15, 0.2) is 5.13 Å². The molecule has 3 aromatic rings. The van der Waals surface area contributed by atoms with Crippen molar-refractivity contribution in [2.75, 3.05) is 17.7 Å². The Balaban J connectivity index is 1.89. The zero-order valence-electron chi connectivity index (χ0n) is 11.0. The number of nitrogens with zero attached hydrogens (tertiary/aromatic N) is 2. The summed E-state index contributed by atoms with van der Waals surface area (Å²) in [5.74, 6) is 2.03. The van der Waals surface area contributed by atoms with Crippen molar-refractivity contribution in [3.63, 3.8) is 0 Å². The Labute approximate surface area is 120 Å². The lowest BCUT2D eigenvalue weighted by Gasteiger charge is -2.01. The summed E-state index contributed by atoms with van der Waals surface area (Å²) in [6, 6.07) is 11.3. The molecule has 0 saturated carbocycles. The lowest BCUT2D eigenvalue weighted by molar-refractivity contribution is 0.341. The van der Waals surface area contributed by atoms with E-state index in [1.54, 1.807) is 17.4 Å². The molecule has 0 saturated heterocycles. The molecule has 20 heavy (non-hydrogen) atoms. The van der Waals surface area contributed by atoms with Crippen molar-refractivity contribution in [3.8, 4) is 5.75 Å². The molecular formula is C14H14N4OS. The van der Waals surface area contributed by atoms with Gasteiger partial charge in [0.25, 0.3) is 0 Å². The van der Waals surface area contributed by atoms with E-state index in [-0.39, 0.29) is 0 Å². The molecule has 0 aliphatic heterocycles. The molecule has 5 nitrogen and oxygen atoms in total. The Hall–Kier alpha value is -2.34. The third kappa shape index (κ3) is 2.65. The van der Waals surface area contributed by atoms with Gasteiger partial charge in [-0.15, -0.1) is 0 Å². The van der Waals surface area contributed by atoms with Crippen LogP contribution in [0.25, 0.3) is 10.2 Å². The normalized spacial score (nSPS) is 10.7. The molecule has 3 N–H and O–H groups in total. The second-order valence-corrected chi connectivity index (χ2v) is 5.18. The molecule has 0 aliphatic carbocycles. The minimum atomic E-state index is 0.481. The Morgan fingerprint density at radius 1 is 1.25 bits per heavy atom. The third-order valence-corrected chi connectivity index (χ3v) is 3.61. The number of anilines is 3. The third-order valence-electron chi connectivity index (χ3n) is 2.68. The summed E-state index contributed by atoms with van der Waals surface area (Å²) >= 11 is 1.55. The fourth-order valence-corrected chi connectivity index (χ4v) is 2.75. The molecule has 0 amide bonds. The van der Waals surface area contributed by atoms with Gasteiger partial charge in [-0.3, -0.25) is 0 Å². The van der Waals surface area contributed by atoms with Crippen molar-refractivity contribution in [1.29, 1.82) is 0 Å². The van der Waals surface area contributed by atoms with Crippen molar-refractivity contribution in [3.05, 3.63) is 36.4 Å². The highest BCUT2D eigenvalue weighted by Crippen LogP contribution is 2.30. The molecule has 102 valence electrons. The Bertz CT molecular complexity index is 741. The van der Waals surface area contributed by atoms with E-state index in [0.29, 0.717) is 18.2 Å². The number of hydrogen-bond donors (Lipinski definition) is 2. The number of nitrogens with one attached hydrogen (secondary N) is 1. The molecule has 2 heterocycles. The van der Waals surface area contributed by atoms with Crippen molar-refractivity contribution in [2.45, 2.75) is 6.92 Å². The van der Waals surface area contributed by atoms with Crippen LogP contribution >= 0.6 is 11.3 Å². The van der Waals surface area contributed by atoms with Gasteiger partial charge < -0.3 is 15.8 Å². The molecule has 0 atom stereocenters. The van der Waals surface area contributed by atoms with Crippen LogP contribution in [0.5, 0.6) is 5.75 Å². The van der Waals surface area contributed by atoms with E-state index in [2.05, 4.69) is 15.3 Å². The average Bonchev–Trinajstić information content (AvgIpc) is 2.80. The number of rotatable bonds is 4. The zero-order valence-corrected chi connectivity index (χ0v) is 11.8. The van der Waals surface area contributed by atoms with E-state index >= 15 is 0 Å². The van der Waals surface area contributed by atoms with Crippen molar-refractivity contribution >= 4 is 38.3 Å². The lowest BCUT2D eigenvalue weighted by Crippen LogP contribution is -1.95. The summed E-state index contributed by atoms with van der Waals surface area (Å²) in [4.78, 5) is 8.70. The van der Waals surface area contributed by atoms with Crippen molar-refractivity contribution in [2.24, 2.45) is 0 Å².